The summed E-state index contributed by atoms with van der Waals surface area (Å²) in [5, 5.41) is 6.24. The lowest BCUT2D eigenvalue weighted by Crippen LogP contribution is -2.46. The van der Waals surface area contributed by atoms with Crippen molar-refractivity contribution in [2.24, 2.45) is 0 Å². The second kappa shape index (κ2) is 6.35. The van der Waals surface area contributed by atoms with Gasteiger partial charge in [-0.15, -0.1) is 12.4 Å². The molecule has 0 saturated heterocycles. The van der Waals surface area contributed by atoms with Crippen molar-refractivity contribution < 1.29 is 4.79 Å². The Morgan fingerprint density at radius 2 is 1.93 bits per heavy atom. The first kappa shape index (κ1) is 19.0. The van der Waals surface area contributed by atoms with Gasteiger partial charge >= 0.3 is 0 Å². The number of anilines is 3. The summed E-state index contributed by atoms with van der Waals surface area (Å²) in [7, 11) is 0. The Bertz CT molecular complexity index is 1220. The summed E-state index contributed by atoms with van der Waals surface area (Å²) in [6.45, 7) is 3.74. The van der Waals surface area contributed by atoms with E-state index in [2.05, 4.69) is 15.6 Å². The summed E-state index contributed by atoms with van der Waals surface area (Å²) >= 11 is 0. The third-order valence-corrected chi connectivity index (χ3v) is 5.74. The van der Waals surface area contributed by atoms with Crippen LogP contribution in [0, 0.1) is 6.92 Å². The predicted octanol–water partition coefficient (Wildman–Crippen LogP) is 2.67. The molecule has 1 unspecified atom stereocenters. The van der Waals surface area contributed by atoms with Crippen molar-refractivity contribution in [2.75, 3.05) is 11.1 Å². The highest BCUT2D eigenvalue weighted by molar-refractivity contribution is 5.98. The number of hydrogen-bond acceptors (Lipinski definition) is 5. The van der Waals surface area contributed by atoms with Crippen LogP contribution in [0.5, 0.6) is 0 Å². The number of benzene rings is 1. The third kappa shape index (κ3) is 2.54. The van der Waals surface area contributed by atoms with E-state index in [-0.39, 0.29) is 23.9 Å². The summed E-state index contributed by atoms with van der Waals surface area (Å²) in [4.78, 5) is 30.6. The first-order valence-electron chi connectivity index (χ1n) is 9.08. The van der Waals surface area contributed by atoms with Crippen molar-refractivity contribution >= 4 is 35.5 Å². The standard InChI is InChI=1S/C21H19N5O2.ClH/c1-11-14-8-12-10-23-16(22)9-15(12)24-17(14)20(28)26-18(11)19(27)25-21(26,2)13-6-4-3-5-7-13;/h3-7,9-10,24H,8H2,1-2H3,(H2,22,23)(H,25,27);1H. The van der Waals surface area contributed by atoms with Gasteiger partial charge in [-0.1, -0.05) is 30.3 Å². The molecule has 0 saturated carbocycles. The van der Waals surface area contributed by atoms with Gasteiger partial charge in [-0.05, 0) is 36.1 Å². The molecule has 29 heavy (non-hydrogen) atoms. The number of fused-ring (bicyclic) bond motifs is 3. The van der Waals surface area contributed by atoms with Gasteiger partial charge in [-0.25, -0.2) is 4.98 Å². The minimum atomic E-state index is -0.955. The van der Waals surface area contributed by atoms with Gasteiger partial charge in [0.2, 0.25) is 0 Å². The molecule has 2 aliphatic heterocycles. The largest absolute Gasteiger partial charge is 0.384 e. The van der Waals surface area contributed by atoms with Gasteiger partial charge in [0.1, 0.15) is 22.9 Å². The predicted molar refractivity (Wildman–Crippen MR) is 114 cm³/mol. The Morgan fingerprint density at radius 1 is 1.21 bits per heavy atom. The highest BCUT2D eigenvalue weighted by Crippen LogP contribution is 2.37. The second-order valence-corrected chi connectivity index (χ2v) is 7.43. The minimum absolute atomic E-state index is 0. The van der Waals surface area contributed by atoms with Crippen LogP contribution in [-0.4, -0.2) is 15.5 Å². The van der Waals surface area contributed by atoms with E-state index < -0.39 is 5.66 Å². The zero-order chi connectivity index (χ0) is 19.6. The van der Waals surface area contributed by atoms with Crippen molar-refractivity contribution in [3.8, 4) is 0 Å². The number of nitrogen functional groups attached to an aromatic ring is 1. The normalized spacial score (nSPS) is 18.6. The Hall–Kier alpha value is -3.32. The number of halogens is 1. The van der Waals surface area contributed by atoms with Crippen molar-refractivity contribution in [1.29, 1.82) is 0 Å². The molecule has 0 bridgehead atoms. The van der Waals surface area contributed by atoms with Crippen LogP contribution in [0.25, 0.3) is 0 Å². The van der Waals surface area contributed by atoms with Gasteiger partial charge < -0.3 is 16.4 Å². The molecule has 0 fully saturated rings. The summed E-state index contributed by atoms with van der Waals surface area (Å²) in [5.41, 5.74) is 9.68. The number of carbonyl (C=O) groups is 1. The molecule has 4 heterocycles. The lowest BCUT2D eigenvalue weighted by atomic mass is 9.94. The number of aromatic nitrogens is 2. The molecule has 0 aliphatic carbocycles. The Balaban J connectivity index is 0.00000205. The third-order valence-electron chi connectivity index (χ3n) is 5.74. The van der Waals surface area contributed by atoms with Gasteiger partial charge in [0.25, 0.3) is 11.5 Å². The second-order valence-electron chi connectivity index (χ2n) is 7.43. The van der Waals surface area contributed by atoms with Crippen LogP contribution < -0.4 is 21.9 Å². The van der Waals surface area contributed by atoms with E-state index in [4.69, 9.17) is 5.73 Å². The van der Waals surface area contributed by atoms with Crippen LogP contribution in [0.15, 0.2) is 47.4 Å². The van der Waals surface area contributed by atoms with Crippen molar-refractivity contribution in [2.45, 2.75) is 25.9 Å². The van der Waals surface area contributed by atoms with Crippen LogP contribution in [0.1, 0.15) is 39.7 Å². The average molecular weight is 410 g/mol. The molecule has 8 heteroatoms. The molecule has 1 aromatic carbocycles. The van der Waals surface area contributed by atoms with E-state index in [0.29, 0.717) is 23.6 Å². The maximum atomic E-state index is 13.5. The minimum Gasteiger partial charge on any atom is -0.384 e. The fourth-order valence-corrected chi connectivity index (χ4v) is 4.27. The van der Waals surface area contributed by atoms with Gasteiger partial charge in [0.15, 0.2) is 0 Å². The molecule has 1 atom stereocenters. The van der Waals surface area contributed by atoms with Gasteiger partial charge in [-0.2, -0.15) is 0 Å². The smallest absolute Gasteiger partial charge is 0.277 e. The number of nitrogens with zero attached hydrogens (tertiary/aromatic N) is 2. The molecule has 5 rings (SSSR count). The fraction of sp³-hybridized carbons (Fsp3) is 0.190. The van der Waals surface area contributed by atoms with E-state index in [1.165, 1.54) is 0 Å². The zero-order valence-electron chi connectivity index (χ0n) is 15.9. The van der Waals surface area contributed by atoms with Crippen LogP contribution in [-0.2, 0) is 12.1 Å². The first-order chi connectivity index (χ1) is 13.4. The molecular weight excluding hydrogens is 390 g/mol. The van der Waals surface area contributed by atoms with Crippen molar-refractivity contribution in [1.82, 2.24) is 14.9 Å². The molecule has 2 aliphatic rings. The topological polar surface area (TPSA) is 102 Å². The number of hydrogen-bond donors (Lipinski definition) is 3. The highest BCUT2D eigenvalue weighted by Gasteiger charge is 2.44. The quantitative estimate of drug-likeness (QED) is 0.448. The fourth-order valence-electron chi connectivity index (χ4n) is 4.27. The summed E-state index contributed by atoms with van der Waals surface area (Å²) < 4.78 is 1.57. The number of nitrogens with two attached hydrogens (primary N) is 1. The van der Waals surface area contributed by atoms with Crippen LogP contribution in [0.2, 0.25) is 0 Å². The zero-order valence-corrected chi connectivity index (χ0v) is 16.8. The maximum absolute atomic E-state index is 13.5. The molecule has 2 aromatic heterocycles. The molecule has 7 nitrogen and oxygen atoms in total. The number of pyridine rings is 2. The van der Waals surface area contributed by atoms with Gasteiger partial charge in [0.05, 0.1) is 0 Å². The van der Waals surface area contributed by atoms with Crippen molar-refractivity contribution in [3.05, 3.63) is 80.9 Å². The molecule has 0 spiro atoms. The van der Waals surface area contributed by atoms with Gasteiger partial charge in [-0.3, -0.25) is 14.2 Å². The Morgan fingerprint density at radius 3 is 2.66 bits per heavy atom. The van der Waals surface area contributed by atoms with E-state index >= 15 is 0 Å². The molecule has 1 amide bonds. The van der Waals surface area contributed by atoms with E-state index in [1.54, 1.807) is 16.8 Å². The van der Waals surface area contributed by atoms with E-state index in [1.807, 2.05) is 44.2 Å². The summed E-state index contributed by atoms with van der Waals surface area (Å²) in [5.74, 6) is 0.142. The molecule has 3 aromatic rings. The summed E-state index contributed by atoms with van der Waals surface area (Å²) in [6, 6.07) is 11.2. The van der Waals surface area contributed by atoms with Crippen LogP contribution in [0.4, 0.5) is 17.2 Å². The molecular formula is C21H20ClN5O2. The van der Waals surface area contributed by atoms with Gasteiger partial charge in [0, 0.05) is 24.4 Å². The van der Waals surface area contributed by atoms with Crippen LogP contribution >= 0.6 is 12.4 Å². The molecule has 148 valence electrons. The number of rotatable bonds is 1. The number of nitrogens with one attached hydrogen (secondary N) is 2. The summed E-state index contributed by atoms with van der Waals surface area (Å²) in [6.07, 6.45) is 2.23. The SMILES string of the molecule is Cc1c2c(c(=O)n3c1C(=O)NC3(C)c1ccccc1)Nc1cc(N)ncc1C2.Cl. The lowest BCUT2D eigenvalue weighted by Gasteiger charge is -2.30. The van der Waals surface area contributed by atoms with Crippen molar-refractivity contribution in [3.63, 3.8) is 0 Å². The van der Waals surface area contributed by atoms with Crippen LogP contribution in [0.3, 0.4) is 0 Å². The average Bonchev–Trinajstić information content (AvgIpc) is 2.97. The highest BCUT2D eigenvalue weighted by atomic mass is 35.5. The first-order valence-corrected chi connectivity index (χ1v) is 9.08. The maximum Gasteiger partial charge on any atom is 0.277 e. The van der Waals surface area contributed by atoms with E-state index in [9.17, 15) is 9.59 Å². The lowest BCUT2D eigenvalue weighted by molar-refractivity contribution is 0.0941. The Labute approximate surface area is 173 Å². The van der Waals surface area contributed by atoms with E-state index in [0.717, 1.165) is 27.9 Å². The number of carbonyl (C=O) groups excluding carboxylic acids is 1. The molecule has 4 N–H and O–H groups in total. The molecule has 0 radical (unpaired) electrons. The Kier molecular flexibility index (Phi) is 4.16. The number of amides is 1. The monoisotopic (exact) mass is 409 g/mol.